The molecule has 0 radical (unpaired) electrons. The quantitative estimate of drug-likeness (QED) is 0.412. The van der Waals surface area contributed by atoms with Gasteiger partial charge in [-0.2, -0.15) is 0 Å². The Labute approximate surface area is 67.3 Å². The van der Waals surface area contributed by atoms with Crippen molar-refractivity contribution in [3.63, 3.8) is 0 Å². The average molecular weight is 172 g/mol. The zero-order valence-corrected chi connectivity index (χ0v) is 6.10. The molecule has 1 rings (SSSR count). The van der Waals surface area contributed by atoms with E-state index in [4.69, 9.17) is 10.8 Å². The normalized spacial score (nSPS) is 12.8. The van der Waals surface area contributed by atoms with Crippen molar-refractivity contribution < 1.29 is 10.0 Å². The lowest BCUT2D eigenvalue weighted by atomic mass is 10.2. The first-order valence-corrected chi connectivity index (χ1v) is 3.22. The molecule has 0 bridgehead atoms. The molecule has 1 atom stereocenters. The van der Waals surface area contributed by atoms with E-state index in [1.807, 2.05) is 0 Å². The van der Waals surface area contributed by atoms with Gasteiger partial charge < -0.3 is 21.0 Å². The molecule has 12 heavy (non-hydrogen) atoms. The summed E-state index contributed by atoms with van der Waals surface area (Å²) in [6, 6.07) is 0. The number of nitrogens with two attached hydrogens (primary N) is 1. The zero-order valence-electron chi connectivity index (χ0n) is 6.10. The largest absolute Gasteiger partial charge is 0.387 e. The van der Waals surface area contributed by atoms with Crippen LogP contribution in [0, 0.1) is 10.1 Å². The molecule has 0 saturated heterocycles. The van der Waals surface area contributed by atoms with Crippen LogP contribution in [0.2, 0.25) is 0 Å². The first kappa shape index (κ1) is 8.62. The van der Waals surface area contributed by atoms with Crippen molar-refractivity contribution in [2.45, 2.75) is 6.10 Å². The van der Waals surface area contributed by atoms with Crippen LogP contribution in [0.5, 0.6) is 0 Å². The topological polar surface area (TPSA) is 118 Å². The van der Waals surface area contributed by atoms with Gasteiger partial charge in [-0.1, -0.05) is 5.10 Å². The van der Waals surface area contributed by atoms with Gasteiger partial charge in [0, 0.05) is 6.54 Å². The van der Waals surface area contributed by atoms with Gasteiger partial charge in [-0.05, 0) is 4.92 Å². The van der Waals surface area contributed by atoms with Crippen molar-refractivity contribution in [1.29, 1.82) is 0 Å². The molecule has 0 amide bonds. The fourth-order valence-corrected chi connectivity index (χ4v) is 0.806. The van der Waals surface area contributed by atoms with Crippen LogP contribution in [0.15, 0.2) is 6.20 Å². The Kier molecular flexibility index (Phi) is 2.36. The summed E-state index contributed by atoms with van der Waals surface area (Å²) in [5.74, 6) is -0.312. The highest BCUT2D eigenvalue weighted by molar-refractivity contribution is 5.31. The third-order valence-corrected chi connectivity index (χ3v) is 1.41. The average Bonchev–Trinajstić information content (AvgIpc) is 2.50. The highest BCUT2D eigenvalue weighted by Gasteiger charge is 2.20. The lowest BCUT2D eigenvalue weighted by Crippen LogP contribution is -2.12. The fraction of sp³-hybridized carbons (Fsp3) is 0.400. The van der Waals surface area contributed by atoms with Gasteiger partial charge in [-0.25, -0.2) is 0 Å². The molecule has 1 heterocycles. The van der Waals surface area contributed by atoms with E-state index in [0.717, 1.165) is 0 Å². The molecule has 1 aromatic rings. The van der Waals surface area contributed by atoms with Gasteiger partial charge in [-0.3, -0.25) is 0 Å². The molecule has 0 aliphatic rings. The van der Waals surface area contributed by atoms with Crippen LogP contribution in [0.3, 0.4) is 0 Å². The molecular weight excluding hydrogens is 164 g/mol. The summed E-state index contributed by atoms with van der Waals surface area (Å²) in [5, 5.41) is 25.0. The molecule has 0 aliphatic carbocycles. The van der Waals surface area contributed by atoms with Crippen molar-refractivity contribution in [2.75, 3.05) is 6.54 Å². The van der Waals surface area contributed by atoms with Gasteiger partial charge in [0.1, 0.15) is 6.10 Å². The minimum atomic E-state index is -1.04. The maximum absolute atomic E-state index is 10.3. The minimum absolute atomic E-state index is 0.0691. The summed E-state index contributed by atoms with van der Waals surface area (Å²) in [6.07, 6.45) is 0.152. The van der Waals surface area contributed by atoms with Gasteiger partial charge in [-0.15, -0.1) is 5.10 Å². The number of nitro groups is 1. The summed E-state index contributed by atoms with van der Waals surface area (Å²) in [7, 11) is 0. The molecule has 7 nitrogen and oxygen atoms in total. The van der Waals surface area contributed by atoms with Crippen molar-refractivity contribution in [2.24, 2.45) is 5.73 Å². The van der Waals surface area contributed by atoms with E-state index < -0.39 is 11.0 Å². The van der Waals surface area contributed by atoms with Gasteiger partial charge >= 0.3 is 5.82 Å². The predicted octanol–water partition coefficient (Wildman–Crippen LogP) is -0.690. The third kappa shape index (κ3) is 1.41. The van der Waals surface area contributed by atoms with E-state index in [9.17, 15) is 10.1 Å². The summed E-state index contributed by atoms with van der Waals surface area (Å²) in [5.41, 5.74) is 5.23. The van der Waals surface area contributed by atoms with Crippen LogP contribution in [0.25, 0.3) is 0 Å². The van der Waals surface area contributed by atoms with Crippen molar-refractivity contribution >= 4 is 5.82 Å². The van der Waals surface area contributed by atoms with Crippen LogP contribution < -0.4 is 5.73 Å². The summed E-state index contributed by atoms with van der Waals surface area (Å²) >= 11 is 0. The second-order valence-electron chi connectivity index (χ2n) is 2.18. The molecule has 0 spiro atoms. The summed E-state index contributed by atoms with van der Waals surface area (Å²) in [4.78, 5) is 9.63. The molecule has 4 N–H and O–H groups in total. The monoisotopic (exact) mass is 172 g/mol. The Morgan fingerprint density at radius 1 is 1.92 bits per heavy atom. The van der Waals surface area contributed by atoms with Crippen molar-refractivity contribution in [3.8, 4) is 0 Å². The van der Waals surface area contributed by atoms with Crippen LogP contribution in [-0.2, 0) is 0 Å². The summed E-state index contributed by atoms with van der Waals surface area (Å²) < 4.78 is 0. The van der Waals surface area contributed by atoms with E-state index in [1.54, 1.807) is 0 Å². The summed E-state index contributed by atoms with van der Waals surface area (Å²) in [6.45, 7) is -0.0691. The van der Waals surface area contributed by atoms with E-state index in [0.29, 0.717) is 0 Å². The Morgan fingerprint density at radius 3 is 3.08 bits per heavy atom. The number of aliphatic hydroxyl groups excluding tert-OH is 1. The fourth-order valence-electron chi connectivity index (χ4n) is 0.806. The lowest BCUT2D eigenvalue weighted by Gasteiger charge is -2.02. The SMILES string of the molecule is NC[C@H](O)c1cn[nH]c1[N+](=O)[O-]. The number of nitrogens with zero attached hydrogens (tertiary/aromatic N) is 2. The number of rotatable bonds is 3. The van der Waals surface area contributed by atoms with Gasteiger partial charge in [0.25, 0.3) is 0 Å². The first-order valence-electron chi connectivity index (χ1n) is 3.22. The van der Waals surface area contributed by atoms with Crippen LogP contribution in [0.4, 0.5) is 5.82 Å². The Hall–Kier alpha value is -1.47. The van der Waals surface area contributed by atoms with Gasteiger partial charge in [0.2, 0.25) is 0 Å². The first-order chi connectivity index (χ1) is 5.66. The molecule has 66 valence electrons. The van der Waals surface area contributed by atoms with E-state index in [1.165, 1.54) is 6.20 Å². The molecular formula is C5H8N4O3. The number of aromatic nitrogens is 2. The standard InChI is InChI=1S/C5H8N4O3/c6-1-4(10)3-2-7-8-5(3)9(11)12/h2,4,10H,1,6H2,(H,7,8)/t4-/m0/s1. The molecule has 0 fully saturated rings. The number of aromatic amines is 1. The predicted molar refractivity (Wildman–Crippen MR) is 39.3 cm³/mol. The third-order valence-electron chi connectivity index (χ3n) is 1.41. The zero-order chi connectivity index (χ0) is 9.14. The van der Waals surface area contributed by atoms with E-state index in [-0.39, 0.29) is 17.9 Å². The van der Waals surface area contributed by atoms with E-state index >= 15 is 0 Å². The highest BCUT2D eigenvalue weighted by atomic mass is 16.6. The van der Waals surface area contributed by atoms with Crippen LogP contribution >= 0.6 is 0 Å². The lowest BCUT2D eigenvalue weighted by molar-refractivity contribution is -0.390. The van der Waals surface area contributed by atoms with Crippen LogP contribution in [0.1, 0.15) is 11.7 Å². The number of aliphatic hydroxyl groups is 1. The maximum Gasteiger partial charge on any atom is 0.348 e. The molecule has 1 aromatic heterocycles. The van der Waals surface area contributed by atoms with Crippen molar-refractivity contribution in [1.82, 2.24) is 10.2 Å². The smallest absolute Gasteiger partial charge is 0.348 e. The second kappa shape index (κ2) is 3.28. The maximum atomic E-state index is 10.3. The Morgan fingerprint density at radius 2 is 2.58 bits per heavy atom. The number of hydrogen-bond acceptors (Lipinski definition) is 5. The number of nitrogens with one attached hydrogen (secondary N) is 1. The molecule has 0 saturated carbocycles. The minimum Gasteiger partial charge on any atom is -0.387 e. The van der Waals surface area contributed by atoms with Gasteiger partial charge in [0.05, 0.1) is 11.8 Å². The van der Waals surface area contributed by atoms with Gasteiger partial charge in [0.15, 0.2) is 0 Å². The van der Waals surface area contributed by atoms with Crippen LogP contribution in [-0.4, -0.2) is 26.8 Å². The van der Waals surface area contributed by atoms with Crippen molar-refractivity contribution in [3.05, 3.63) is 21.9 Å². The van der Waals surface area contributed by atoms with E-state index in [2.05, 4.69) is 10.2 Å². The second-order valence-corrected chi connectivity index (χ2v) is 2.18. The molecule has 0 aliphatic heterocycles. The number of hydrogen-bond donors (Lipinski definition) is 3. The Balaban J connectivity index is 2.98. The highest BCUT2D eigenvalue weighted by Crippen LogP contribution is 2.20. The Bertz CT molecular complexity index is 284. The molecule has 0 unspecified atom stereocenters. The molecule has 0 aromatic carbocycles. The molecule has 7 heteroatoms. The number of H-pyrrole nitrogens is 1.